The van der Waals surface area contributed by atoms with Crippen molar-refractivity contribution in [1.29, 1.82) is 0 Å². The highest BCUT2D eigenvalue weighted by Crippen LogP contribution is 2.36. The van der Waals surface area contributed by atoms with Crippen LogP contribution in [0.5, 0.6) is 0 Å². The zero-order valence-corrected chi connectivity index (χ0v) is 13.2. The van der Waals surface area contributed by atoms with Gasteiger partial charge in [0.15, 0.2) is 0 Å². The van der Waals surface area contributed by atoms with Crippen LogP contribution in [-0.4, -0.2) is 24.4 Å². The molecule has 1 rings (SSSR count). The maximum Gasteiger partial charge on any atom is 0.412 e. The van der Waals surface area contributed by atoms with Crippen molar-refractivity contribution in [2.45, 2.75) is 38.5 Å². The highest BCUT2D eigenvalue weighted by molar-refractivity contribution is 6.33. The van der Waals surface area contributed by atoms with Gasteiger partial charge in [-0.2, -0.15) is 13.2 Å². The van der Waals surface area contributed by atoms with Gasteiger partial charge in [0, 0.05) is 6.54 Å². The second-order valence-corrected chi connectivity index (χ2v) is 6.10. The summed E-state index contributed by atoms with van der Waals surface area (Å²) in [6, 6.07) is 3.65. The Hall–Kier alpha value is -1.47. The molecule has 0 aliphatic heterocycles. The summed E-state index contributed by atoms with van der Waals surface area (Å²) in [6.07, 6.45) is -5.20. The molecule has 0 spiro atoms. The second kappa shape index (κ2) is 6.75. The van der Waals surface area contributed by atoms with Crippen LogP contribution in [0.2, 0.25) is 5.02 Å². The molecule has 1 aromatic rings. The Labute approximate surface area is 131 Å². The lowest BCUT2D eigenvalue weighted by atomic mass is 9.98. The van der Waals surface area contributed by atoms with Crippen LogP contribution < -0.4 is 11.1 Å². The van der Waals surface area contributed by atoms with E-state index in [-0.39, 0.29) is 16.3 Å². The first-order valence-corrected chi connectivity index (χ1v) is 6.88. The van der Waals surface area contributed by atoms with Crippen molar-refractivity contribution in [2.75, 3.05) is 11.9 Å². The minimum Gasteiger partial charge on any atom is -0.444 e. The lowest BCUT2D eigenvalue weighted by Crippen LogP contribution is -2.28. The fraction of sp³-hybridized carbons (Fsp3) is 0.500. The van der Waals surface area contributed by atoms with Gasteiger partial charge in [0.25, 0.3) is 0 Å². The van der Waals surface area contributed by atoms with Crippen molar-refractivity contribution in [3.05, 3.63) is 28.8 Å². The molecule has 22 heavy (non-hydrogen) atoms. The van der Waals surface area contributed by atoms with Gasteiger partial charge in [0.2, 0.25) is 0 Å². The van der Waals surface area contributed by atoms with Gasteiger partial charge in [-0.1, -0.05) is 17.7 Å². The number of nitrogens with one attached hydrogen (secondary N) is 1. The summed E-state index contributed by atoms with van der Waals surface area (Å²) in [5.41, 5.74) is 4.58. The largest absolute Gasteiger partial charge is 0.444 e. The van der Waals surface area contributed by atoms with Gasteiger partial charge in [-0.3, -0.25) is 5.32 Å². The van der Waals surface area contributed by atoms with E-state index in [0.29, 0.717) is 0 Å². The quantitative estimate of drug-likeness (QED) is 0.864. The number of carbonyl (C=O) groups is 1. The molecule has 0 radical (unpaired) electrons. The first-order valence-electron chi connectivity index (χ1n) is 6.50. The van der Waals surface area contributed by atoms with Crippen LogP contribution in [0.3, 0.4) is 0 Å². The van der Waals surface area contributed by atoms with Gasteiger partial charge < -0.3 is 10.5 Å². The van der Waals surface area contributed by atoms with Crippen molar-refractivity contribution in [3.63, 3.8) is 0 Å². The van der Waals surface area contributed by atoms with Gasteiger partial charge in [-0.25, -0.2) is 4.79 Å². The third-order valence-electron chi connectivity index (χ3n) is 2.66. The fourth-order valence-corrected chi connectivity index (χ4v) is 1.96. The fourth-order valence-electron chi connectivity index (χ4n) is 1.72. The van der Waals surface area contributed by atoms with Crippen LogP contribution in [-0.2, 0) is 4.74 Å². The molecule has 1 unspecified atom stereocenters. The number of rotatable bonds is 3. The van der Waals surface area contributed by atoms with Crippen molar-refractivity contribution in [1.82, 2.24) is 0 Å². The number of halogens is 4. The van der Waals surface area contributed by atoms with Crippen LogP contribution in [0, 0.1) is 0 Å². The van der Waals surface area contributed by atoms with Crippen LogP contribution in [0.15, 0.2) is 18.2 Å². The van der Waals surface area contributed by atoms with E-state index in [9.17, 15) is 18.0 Å². The number of alkyl halides is 3. The average Bonchev–Trinajstić information content (AvgIpc) is 2.29. The van der Waals surface area contributed by atoms with E-state index in [0.717, 1.165) is 6.07 Å². The molecular formula is C14H18ClF3N2O2. The predicted octanol–water partition coefficient (Wildman–Crippen LogP) is 4.29. The van der Waals surface area contributed by atoms with Crippen LogP contribution >= 0.6 is 11.6 Å². The first-order chi connectivity index (χ1) is 9.94. The molecule has 0 saturated carbocycles. The molecule has 0 aliphatic rings. The van der Waals surface area contributed by atoms with Crippen molar-refractivity contribution in [3.8, 4) is 0 Å². The molecule has 124 valence electrons. The lowest BCUT2D eigenvalue weighted by Gasteiger charge is -2.21. The van der Waals surface area contributed by atoms with E-state index in [4.69, 9.17) is 22.1 Å². The Morgan fingerprint density at radius 2 is 1.95 bits per heavy atom. The summed E-state index contributed by atoms with van der Waals surface area (Å²) in [6.45, 7) is 4.48. The highest BCUT2D eigenvalue weighted by Gasteiger charge is 2.39. The zero-order chi connectivity index (χ0) is 17.1. The van der Waals surface area contributed by atoms with Crippen LogP contribution in [0.4, 0.5) is 23.7 Å². The SMILES string of the molecule is CC(C)(C)OC(=O)Nc1ccc(C(CN)C(F)(F)F)cc1Cl. The average molecular weight is 339 g/mol. The minimum absolute atomic E-state index is 0.0222. The molecular weight excluding hydrogens is 321 g/mol. The number of benzene rings is 1. The summed E-state index contributed by atoms with van der Waals surface area (Å²) in [5, 5.41) is 2.36. The predicted molar refractivity (Wildman–Crippen MR) is 79.2 cm³/mol. The van der Waals surface area contributed by atoms with E-state index < -0.39 is 30.3 Å². The normalized spacial score (nSPS) is 13.6. The Morgan fingerprint density at radius 3 is 2.36 bits per heavy atom. The Balaban J connectivity index is 2.93. The standard InChI is InChI=1S/C14H18ClF3N2O2/c1-13(2,3)22-12(21)20-11-5-4-8(6-10(11)15)9(7-19)14(16,17)18/h4-6,9H,7,19H2,1-3H3,(H,20,21). The van der Waals surface area contributed by atoms with Gasteiger partial charge in [0.1, 0.15) is 5.60 Å². The molecule has 1 atom stereocenters. The Morgan fingerprint density at radius 1 is 1.36 bits per heavy atom. The van der Waals surface area contributed by atoms with Gasteiger partial charge in [0.05, 0.1) is 16.6 Å². The molecule has 0 bridgehead atoms. The molecule has 3 N–H and O–H groups in total. The van der Waals surface area contributed by atoms with E-state index in [1.807, 2.05) is 0 Å². The first kappa shape index (κ1) is 18.6. The highest BCUT2D eigenvalue weighted by atomic mass is 35.5. The number of hydrogen-bond acceptors (Lipinski definition) is 3. The number of hydrogen-bond donors (Lipinski definition) is 2. The van der Waals surface area contributed by atoms with Gasteiger partial charge >= 0.3 is 12.3 Å². The van der Waals surface area contributed by atoms with Crippen LogP contribution in [0.25, 0.3) is 0 Å². The van der Waals surface area contributed by atoms with Crippen LogP contribution in [0.1, 0.15) is 32.3 Å². The monoisotopic (exact) mass is 338 g/mol. The number of amides is 1. The molecule has 0 heterocycles. The molecule has 0 saturated heterocycles. The molecule has 1 amide bonds. The lowest BCUT2D eigenvalue weighted by molar-refractivity contribution is -0.148. The molecule has 0 aromatic heterocycles. The molecule has 8 heteroatoms. The number of carbonyl (C=O) groups excluding carboxylic acids is 1. The maximum absolute atomic E-state index is 12.8. The molecule has 1 aromatic carbocycles. The summed E-state index contributed by atoms with van der Waals surface area (Å²) in [7, 11) is 0. The molecule has 0 fully saturated rings. The summed E-state index contributed by atoms with van der Waals surface area (Å²) in [4.78, 5) is 11.6. The van der Waals surface area contributed by atoms with E-state index in [1.165, 1.54) is 12.1 Å². The summed E-state index contributed by atoms with van der Waals surface area (Å²) < 4.78 is 43.5. The van der Waals surface area contributed by atoms with Crippen molar-refractivity contribution in [2.24, 2.45) is 5.73 Å². The third kappa shape index (κ3) is 5.38. The van der Waals surface area contributed by atoms with Gasteiger partial charge in [-0.15, -0.1) is 0 Å². The number of ether oxygens (including phenoxy) is 1. The van der Waals surface area contributed by atoms with Crippen molar-refractivity contribution < 1.29 is 22.7 Å². The molecule has 4 nitrogen and oxygen atoms in total. The number of nitrogens with two attached hydrogens (primary N) is 1. The number of anilines is 1. The van der Waals surface area contributed by atoms with E-state index >= 15 is 0 Å². The zero-order valence-electron chi connectivity index (χ0n) is 12.4. The Kier molecular flexibility index (Phi) is 5.70. The van der Waals surface area contributed by atoms with E-state index in [2.05, 4.69) is 5.32 Å². The second-order valence-electron chi connectivity index (χ2n) is 5.70. The third-order valence-corrected chi connectivity index (χ3v) is 2.97. The minimum atomic E-state index is -4.46. The maximum atomic E-state index is 12.8. The summed E-state index contributed by atoms with van der Waals surface area (Å²) >= 11 is 5.92. The van der Waals surface area contributed by atoms with Gasteiger partial charge in [-0.05, 0) is 38.5 Å². The molecule has 0 aliphatic carbocycles. The Bertz CT molecular complexity index is 542. The van der Waals surface area contributed by atoms with E-state index in [1.54, 1.807) is 20.8 Å². The van der Waals surface area contributed by atoms with Crippen molar-refractivity contribution >= 4 is 23.4 Å². The summed E-state index contributed by atoms with van der Waals surface area (Å²) in [5.74, 6) is -1.81. The topological polar surface area (TPSA) is 64.3 Å². The smallest absolute Gasteiger partial charge is 0.412 e.